The monoisotopic (exact) mass is 363 g/mol. The molecule has 0 N–H and O–H groups in total. The van der Waals surface area contributed by atoms with Crippen LogP contribution >= 0.6 is 11.8 Å². The Bertz CT molecular complexity index is 1010. The molecule has 0 spiro atoms. The number of nitrogens with zero attached hydrogens (tertiary/aromatic N) is 5. The van der Waals surface area contributed by atoms with E-state index >= 15 is 0 Å². The summed E-state index contributed by atoms with van der Waals surface area (Å²) in [6.07, 6.45) is 0. The molecule has 0 saturated heterocycles. The zero-order chi connectivity index (χ0) is 17.9. The van der Waals surface area contributed by atoms with E-state index in [1.165, 1.54) is 17.3 Å². The van der Waals surface area contributed by atoms with Gasteiger partial charge < -0.3 is 4.52 Å². The van der Waals surface area contributed by atoms with Gasteiger partial charge in [-0.3, -0.25) is 4.57 Å². The number of hydrogen-bond acceptors (Lipinski definition) is 6. The van der Waals surface area contributed by atoms with Gasteiger partial charge in [0.2, 0.25) is 11.7 Å². The second kappa shape index (κ2) is 7.13. The summed E-state index contributed by atoms with van der Waals surface area (Å²) in [6, 6.07) is 18.1. The summed E-state index contributed by atoms with van der Waals surface area (Å²) in [5.41, 5.74) is 3.19. The minimum atomic E-state index is 0.532. The molecule has 0 aliphatic heterocycles. The lowest BCUT2D eigenvalue weighted by Crippen LogP contribution is -1.99. The highest BCUT2D eigenvalue weighted by Gasteiger charge is 2.14. The maximum atomic E-state index is 5.37. The first-order valence-corrected chi connectivity index (χ1v) is 9.19. The lowest BCUT2D eigenvalue weighted by Gasteiger charge is -2.07. The van der Waals surface area contributed by atoms with Crippen LogP contribution in [0, 0.1) is 13.8 Å². The van der Waals surface area contributed by atoms with Crippen LogP contribution in [0.15, 0.2) is 64.3 Å². The van der Waals surface area contributed by atoms with Crippen LogP contribution in [0.4, 0.5) is 0 Å². The summed E-state index contributed by atoms with van der Waals surface area (Å²) < 4.78 is 7.40. The van der Waals surface area contributed by atoms with Crippen molar-refractivity contribution in [1.29, 1.82) is 0 Å². The molecule has 0 atom stereocenters. The van der Waals surface area contributed by atoms with E-state index in [0.717, 1.165) is 22.2 Å². The molecule has 2 aromatic carbocycles. The summed E-state index contributed by atoms with van der Waals surface area (Å²) in [5.74, 6) is 2.53. The Morgan fingerprint density at radius 2 is 1.73 bits per heavy atom. The molecule has 0 unspecified atom stereocenters. The van der Waals surface area contributed by atoms with Crippen LogP contribution < -0.4 is 0 Å². The van der Waals surface area contributed by atoms with Gasteiger partial charge in [0.25, 0.3) is 0 Å². The third kappa shape index (κ3) is 3.39. The topological polar surface area (TPSA) is 69.6 Å². The minimum absolute atomic E-state index is 0.532. The van der Waals surface area contributed by atoms with Crippen LogP contribution in [0.5, 0.6) is 0 Å². The molecule has 0 saturated carbocycles. The van der Waals surface area contributed by atoms with E-state index in [1.54, 1.807) is 0 Å². The normalized spacial score (nSPS) is 11.0. The lowest BCUT2D eigenvalue weighted by atomic mass is 10.2. The van der Waals surface area contributed by atoms with E-state index < -0.39 is 0 Å². The Labute approximate surface area is 155 Å². The average Bonchev–Trinajstić information content (AvgIpc) is 3.28. The van der Waals surface area contributed by atoms with Gasteiger partial charge in [-0.15, -0.1) is 10.2 Å². The molecular weight excluding hydrogens is 346 g/mol. The van der Waals surface area contributed by atoms with Crippen molar-refractivity contribution < 1.29 is 4.52 Å². The first-order chi connectivity index (χ1) is 12.7. The van der Waals surface area contributed by atoms with Crippen molar-refractivity contribution in [1.82, 2.24) is 24.9 Å². The van der Waals surface area contributed by atoms with Gasteiger partial charge in [0, 0.05) is 11.3 Å². The predicted molar refractivity (Wildman–Crippen MR) is 100 cm³/mol. The summed E-state index contributed by atoms with van der Waals surface area (Å²) in [5, 5.41) is 13.3. The Morgan fingerprint density at radius 1 is 0.962 bits per heavy atom. The molecule has 0 bridgehead atoms. The molecule has 0 amide bonds. The van der Waals surface area contributed by atoms with E-state index in [4.69, 9.17) is 4.52 Å². The molecular formula is C19H17N5OS. The van der Waals surface area contributed by atoms with Crippen LogP contribution in [0.25, 0.3) is 17.1 Å². The SMILES string of the molecule is Cc1ccc(-n2c(C)nnc2SCc2nc(-c3ccccc3)no2)cc1. The van der Waals surface area contributed by atoms with Gasteiger partial charge in [-0.05, 0) is 26.0 Å². The predicted octanol–water partition coefficient (Wildman–Crippen LogP) is 4.23. The van der Waals surface area contributed by atoms with Crippen molar-refractivity contribution in [3.8, 4) is 17.1 Å². The van der Waals surface area contributed by atoms with Crippen LogP contribution in [0.3, 0.4) is 0 Å². The smallest absolute Gasteiger partial charge is 0.237 e. The van der Waals surface area contributed by atoms with Crippen molar-refractivity contribution in [3.05, 3.63) is 71.9 Å². The largest absolute Gasteiger partial charge is 0.338 e. The molecule has 7 heteroatoms. The molecule has 6 nitrogen and oxygen atoms in total. The van der Waals surface area contributed by atoms with Crippen LogP contribution in [0.2, 0.25) is 0 Å². The van der Waals surface area contributed by atoms with Gasteiger partial charge in [-0.1, -0.05) is 64.9 Å². The average molecular weight is 363 g/mol. The quantitative estimate of drug-likeness (QED) is 0.494. The first-order valence-electron chi connectivity index (χ1n) is 8.20. The zero-order valence-electron chi connectivity index (χ0n) is 14.5. The maximum Gasteiger partial charge on any atom is 0.237 e. The Balaban J connectivity index is 1.53. The highest BCUT2D eigenvalue weighted by atomic mass is 32.2. The number of aryl methyl sites for hydroxylation is 2. The van der Waals surface area contributed by atoms with E-state index in [0.29, 0.717) is 17.5 Å². The van der Waals surface area contributed by atoms with Crippen molar-refractivity contribution >= 4 is 11.8 Å². The fourth-order valence-corrected chi connectivity index (χ4v) is 3.41. The van der Waals surface area contributed by atoms with E-state index in [-0.39, 0.29) is 0 Å². The highest BCUT2D eigenvalue weighted by Crippen LogP contribution is 2.25. The maximum absolute atomic E-state index is 5.37. The molecule has 2 aromatic heterocycles. The van der Waals surface area contributed by atoms with Gasteiger partial charge in [0.05, 0.1) is 5.75 Å². The van der Waals surface area contributed by atoms with Crippen molar-refractivity contribution in [2.24, 2.45) is 0 Å². The Kier molecular flexibility index (Phi) is 4.53. The molecule has 0 radical (unpaired) electrons. The Hall–Kier alpha value is -2.93. The molecule has 2 heterocycles. The fraction of sp³-hybridized carbons (Fsp3) is 0.158. The molecule has 130 valence electrons. The van der Waals surface area contributed by atoms with Crippen LogP contribution in [0.1, 0.15) is 17.3 Å². The minimum Gasteiger partial charge on any atom is -0.338 e. The molecule has 26 heavy (non-hydrogen) atoms. The zero-order valence-corrected chi connectivity index (χ0v) is 15.3. The first kappa shape index (κ1) is 16.5. The third-order valence-electron chi connectivity index (χ3n) is 3.91. The molecule has 4 aromatic rings. The van der Waals surface area contributed by atoms with Crippen molar-refractivity contribution in [2.45, 2.75) is 24.8 Å². The standard InChI is InChI=1S/C19H17N5OS/c1-13-8-10-16(11-9-13)24-14(2)21-22-19(24)26-12-17-20-18(23-25-17)15-6-4-3-5-7-15/h3-11H,12H2,1-2H3. The number of hydrogen-bond donors (Lipinski definition) is 0. The van der Waals surface area contributed by atoms with Crippen molar-refractivity contribution in [2.75, 3.05) is 0 Å². The van der Waals surface area contributed by atoms with Gasteiger partial charge in [-0.25, -0.2) is 0 Å². The van der Waals surface area contributed by atoms with Gasteiger partial charge >= 0.3 is 0 Å². The summed E-state index contributed by atoms with van der Waals surface area (Å²) >= 11 is 1.52. The summed E-state index contributed by atoms with van der Waals surface area (Å²) in [4.78, 5) is 4.46. The number of rotatable bonds is 5. The highest BCUT2D eigenvalue weighted by molar-refractivity contribution is 7.98. The number of aromatic nitrogens is 5. The van der Waals surface area contributed by atoms with Gasteiger partial charge in [-0.2, -0.15) is 4.98 Å². The van der Waals surface area contributed by atoms with E-state index in [9.17, 15) is 0 Å². The molecule has 0 fully saturated rings. The summed E-state index contributed by atoms with van der Waals surface area (Å²) in [6.45, 7) is 4.01. The second-order valence-electron chi connectivity index (χ2n) is 5.87. The molecule has 0 aliphatic carbocycles. The van der Waals surface area contributed by atoms with Crippen LogP contribution in [-0.4, -0.2) is 24.9 Å². The summed E-state index contributed by atoms with van der Waals surface area (Å²) in [7, 11) is 0. The van der Waals surface area contributed by atoms with Gasteiger partial charge in [0.1, 0.15) is 5.82 Å². The van der Waals surface area contributed by atoms with Gasteiger partial charge in [0.15, 0.2) is 5.16 Å². The second-order valence-corrected chi connectivity index (χ2v) is 6.81. The van der Waals surface area contributed by atoms with Crippen LogP contribution in [-0.2, 0) is 5.75 Å². The third-order valence-corrected chi connectivity index (χ3v) is 4.83. The lowest BCUT2D eigenvalue weighted by molar-refractivity contribution is 0.391. The number of thioether (sulfide) groups is 1. The van der Waals surface area contributed by atoms with E-state index in [2.05, 4.69) is 51.5 Å². The van der Waals surface area contributed by atoms with Crippen molar-refractivity contribution in [3.63, 3.8) is 0 Å². The number of benzene rings is 2. The van der Waals surface area contributed by atoms with E-state index in [1.807, 2.05) is 41.8 Å². The molecule has 0 aliphatic rings. The molecule has 4 rings (SSSR count). The fourth-order valence-electron chi connectivity index (χ4n) is 2.57. The Morgan fingerprint density at radius 3 is 2.50 bits per heavy atom.